The Kier molecular flexibility index (Phi) is 15.0. The fraction of sp³-hybridized carbons (Fsp3) is 0.643. The van der Waals surface area contributed by atoms with Crippen LogP contribution < -0.4 is 0 Å². The Balaban J connectivity index is 2.41. The van der Waals surface area contributed by atoms with Crippen molar-refractivity contribution in [3.05, 3.63) is 42.5 Å². The van der Waals surface area contributed by atoms with Crippen molar-refractivity contribution in [2.45, 2.75) is 65.2 Å². The molecule has 1 aromatic carbocycles. The van der Waals surface area contributed by atoms with Gasteiger partial charge in [-0.1, -0.05) is 37.6 Å². The number of carbonyl (C=O) groups excluding carboxylic acids is 2. The highest BCUT2D eigenvalue weighted by Crippen LogP contribution is 2.21. The second-order valence-corrected chi connectivity index (χ2v) is 10.8. The van der Waals surface area contributed by atoms with Gasteiger partial charge in [-0.15, -0.1) is 18.3 Å². The summed E-state index contributed by atoms with van der Waals surface area (Å²) in [5, 5.41) is 3.75. The zero-order valence-corrected chi connectivity index (χ0v) is 23.7. The van der Waals surface area contributed by atoms with E-state index in [1.165, 1.54) is 5.56 Å². The molecule has 2 amide bonds. The molecular weight excluding hydrogens is 458 g/mol. The van der Waals surface area contributed by atoms with Gasteiger partial charge in [0.15, 0.2) is 0 Å². The van der Waals surface area contributed by atoms with Crippen LogP contribution in [0.2, 0.25) is 0 Å². The van der Waals surface area contributed by atoms with Gasteiger partial charge in [0, 0.05) is 50.0 Å². The Morgan fingerprint density at radius 2 is 1.77 bits per heavy atom. The van der Waals surface area contributed by atoms with Crippen LogP contribution in [0.15, 0.2) is 41.8 Å². The summed E-state index contributed by atoms with van der Waals surface area (Å²) in [6, 6.07) is 8.27. The molecular formula is C28H47N3O3S. The molecule has 6 nitrogen and oxygen atoms in total. The normalized spacial score (nSPS) is 11.5. The molecule has 0 saturated heterocycles. The molecule has 35 heavy (non-hydrogen) atoms. The number of hydrogen-bond acceptors (Lipinski definition) is 5. The zero-order valence-electron chi connectivity index (χ0n) is 22.8. The van der Waals surface area contributed by atoms with Crippen LogP contribution in [0.3, 0.4) is 0 Å². The summed E-state index contributed by atoms with van der Waals surface area (Å²) in [5.41, 5.74) is 1.06. The van der Waals surface area contributed by atoms with Crippen LogP contribution in [0.1, 0.15) is 58.9 Å². The van der Waals surface area contributed by atoms with Gasteiger partial charge < -0.3 is 9.64 Å². The molecule has 0 unspecified atom stereocenters. The minimum absolute atomic E-state index is 0.149. The Labute approximate surface area is 218 Å². The number of aryl methyl sites for hydroxylation is 1. The standard InChI is InChI=1S/C28H47N3O3S/c1-8-11-12-13-14-26(32)31(10-3)29(7)19-20-34-23-28(5,6)22-30(9-2)27(33)21-35-25-17-15-24(4)16-18-25/h8,15-18H,1,9-14,19-23H2,2-7H3. The summed E-state index contributed by atoms with van der Waals surface area (Å²) >= 11 is 1.58. The average Bonchev–Trinajstić information content (AvgIpc) is 2.83. The topological polar surface area (TPSA) is 53.1 Å². The van der Waals surface area contributed by atoms with Gasteiger partial charge in [0.25, 0.3) is 0 Å². The van der Waals surface area contributed by atoms with Gasteiger partial charge in [-0.05, 0) is 52.2 Å². The molecule has 0 N–H and O–H groups in total. The monoisotopic (exact) mass is 505 g/mol. The van der Waals surface area contributed by atoms with Crippen molar-refractivity contribution in [2.75, 3.05) is 52.2 Å². The van der Waals surface area contributed by atoms with E-state index in [9.17, 15) is 9.59 Å². The molecule has 0 fully saturated rings. The van der Waals surface area contributed by atoms with Crippen LogP contribution >= 0.6 is 11.8 Å². The number of amides is 2. The predicted octanol–water partition coefficient (Wildman–Crippen LogP) is 5.42. The molecule has 0 bridgehead atoms. The van der Waals surface area contributed by atoms with Crippen LogP contribution in [-0.2, 0) is 14.3 Å². The quantitative estimate of drug-likeness (QED) is 0.115. The fourth-order valence-corrected chi connectivity index (χ4v) is 4.58. The average molecular weight is 506 g/mol. The van der Waals surface area contributed by atoms with Crippen LogP contribution in [-0.4, -0.2) is 78.9 Å². The molecule has 0 heterocycles. The molecule has 0 spiro atoms. The lowest BCUT2D eigenvalue weighted by Crippen LogP contribution is -2.46. The number of nitrogens with zero attached hydrogens (tertiary/aromatic N) is 3. The van der Waals surface area contributed by atoms with E-state index in [0.717, 1.165) is 24.2 Å². The number of hydrogen-bond donors (Lipinski definition) is 0. The molecule has 0 aliphatic heterocycles. The van der Waals surface area contributed by atoms with Gasteiger partial charge in [0.1, 0.15) is 0 Å². The van der Waals surface area contributed by atoms with Crippen LogP contribution in [0.25, 0.3) is 0 Å². The summed E-state index contributed by atoms with van der Waals surface area (Å²) in [6.07, 6.45) is 5.29. The first kappa shape index (κ1) is 31.2. The van der Waals surface area contributed by atoms with E-state index in [1.54, 1.807) is 16.8 Å². The third-order valence-corrected chi connectivity index (χ3v) is 6.83. The SMILES string of the molecule is C=CCCCCC(=O)N(CC)N(C)CCOCC(C)(C)CN(CC)C(=O)CSc1ccc(C)cc1. The van der Waals surface area contributed by atoms with Crippen LogP contribution in [0.4, 0.5) is 0 Å². The van der Waals surface area contributed by atoms with Gasteiger partial charge in [-0.3, -0.25) is 14.6 Å². The molecule has 0 aliphatic carbocycles. The second kappa shape index (κ2) is 16.8. The van der Waals surface area contributed by atoms with Crippen LogP contribution in [0, 0.1) is 12.3 Å². The molecule has 1 rings (SSSR count). The minimum Gasteiger partial charge on any atom is -0.379 e. The van der Waals surface area contributed by atoms with E-state index >= 15 is 0 Å². The minimum atomic E-state index is -0.163. The molecule has 0 saturated carbocycles. The lowest BCUT2D eigenvalue weighted by Gasteiger charge is -2.33. The van der Waals surface area contributed by atoms with E-state index < -0.39 is 0 Å². The number of likely N-dealkylation sites (N-methyl/N-ethyl adjacent to an activating group) is 1. The van der Waals surface area contributed by atoms with E-state index in [2.05, 4.69) is 51.6 Å². The van der Waals surface area contributed by atoms with Crippen molar-refractivity contribution < 1.29 is 14.3 Å². The van der Waals surface area contributed by atoms with Crippen molar-refractivity contribution in [3.63, 3.8) is 0 Å². The summed E-state index contributed by atoms with van der Waals surface area (Å²) in [5.74, 6) is 0.740. The molecule has 1 aromatic rings. The molecule has 0 atom stereocenters. The number of benzene rings is 1. The van der Waals surface area contributed by atoms with Crippen molar-refractivity contribution in [2.24, 2.45) is 5.41 Å². The van der Waals surface area contributed by atoms with Crippen molar-refractivity contribution >= 4 is 23.6 Å². The predicted molar refractivity (Wildman–Crippen MR) is 147 cm³/mol. The largest absolute Gasteiger partial charge is 0.379 e. The number of unbranched alkanes of at least 4 members (excludes halogenated alkanes) is 2. The number of allylic oxidation sites excluding steroid dienone is 1. The number of rotatable bonds is 18. The van der Waals surface area contributed by atoms with Gasteiger partial charge >= 0.3 is 0 Å². The summed E-state index contributed by atoms with van der Waals surface area (Å²) in [4.78, 5) is 28.4. The first-order valence-corrected chi connectivity index (χ1v) is 13.8. The Morgan fingerprint density at radius 1 is 1.09 bits per heavy atom. The zero-order chi connectivity index (χ0) is 26.3. The molecule has 198 valence electrons. The van der Waals surface area contributed by atoms with Gasteiger partial charge in [0.2, 0.25) is 11.8 Å². The molecule has 0 radical (unpaired) electrons. The van der Waals surface area contributed by atoms with E-state index in [4.69, 9.17) is 4.74 Å². The number of carbonyl (C=O) groups is 2. The lowest BCUT2D eigenvalue weighted by atomic mass is 9.94. The lowest BCUT2D eigenvalue weighted by molar-refractivity contribution is -0.147. The van der Waals surface area contributed by atoms with Crippen molar-refractivity contribution in [3.8, 4) is 0 Å². The summed E-state index contributed by atoms with van der Waals surface area (Å²) in [7, 11) is 1.93. The molecule has 7 heteroatoms. The number of thioether (sulfide) groups is 1. The Hall–Kier alpha value is -1.83. The van der Waals surface area contributed by atoms with Gasteiger partial charge in [-0.25, -0.2) is 5.01 Å². The second-order valence-electron chi connectivity index (χ2n) is 9.75. The summed E-state index contributed by atoms with van der Waals surface area (Å²) in [6.45, 7) is 17.8. The highest BCUT2D eigenvalue weighted by Gasteiger charge is 2.25. The Bertz CT molecular complexity index is 767. The highest BCUT2D eigenvalue weighted by molar-refractivity contribution is 8.00. The van der Waals surface area contributed by atoms with E-state index in [-0.39, 0.29) is 17.2 Å². The fourth-order valence-electron chi connectivity index (χ4n) is 3.78. The number of hydrazine groups is 1. The van der Waals surface area contributed by atoms with Gasteiger partial charge in [0.05, 0.1) is 19.0 Å². The first-order valence-electron chi connectivity index (χ1n) is 12.8. The molecule has 0 aromatic heterocycles. The highest BCUT2D eigenvalue weighted by atomic mass is 32.2. The van der Waals surface area contributed by atoms with Crippen molar-refractivity contribution in [1.82, 2.24) is 14.9 Å². The van der Waals surface area contributed by atoms with Crippen molar-refractivity contribution in [1.29, 1.82) is 0 Å². The maximum atomic E-state index is 12.8. The maximum absolute atomic E-state index is 12.8. The smallest absolute Gasteiger partial charge is 0.236 e. The third kappa shape index (κ3) is 12.6. The number of ether oxygens (including phenoxy) is 1. The summed E-state index contributed by atoms with van der Waals surface area (Å²) < 4.78 is 5.99. The third-order valence-electron chi connectivity index (χ3n) is 5.84. The van der Waals surface area contributed by atoms with Crippen LogP contribution in [0.5, 0.6) is 0 Å². The maximum Gasteiger partial charge on any atom is 0.236 e. The van der Waals surface area contributed by atoms with Gasteiger partial charge in [-0.2, -0.15) is 0 Å². The van der Waals surface area contributed by atoms with E-state index in [1.807, 2.05) is 36.9 Å². The van der Waals surface area contributed by atoms with E-state index in [0.29, 0.717) is 51.6 Å². The Morgan fingerprint density at radius 3 is 2.37 bits per heavy atom. The first-order chi connectivity index (χ1) is 16.6. The molecule has 0 aliphatic rings.